The van der Waals surface area contributed by atoms with Crippen LogP contribution in [0.1, 0.15) is 5.56 Å². The predicted octanol–water partition coefficient (Wildman–Crippen LogP) is 3.22. The Morgan fingerprint density at radius 2 is 1.57 bits per heavy atom. The fourth-order valence-electron chi connectivity index (χ4n) is 3.17. The van der Waals surface area contributed by atoms with E-state index in [4.69, 9.17) is 18.9 Å². The molecule has 1 heterocycles. The van der Waals surface area contributed by atoms with E-state index in [0.717, 1.165) is 23.1 Å². The number of hydrogen-bond acceptors (Lipinski definition) is 6. The van der Waals surface area contributed by atoms with Crippen LogP contribution >= 0.6 is 0 Å². The molecule has 3 rings (SSSR count). The van der Waals surface area contributed by atoms with Crippen molar-refractivity contribution in [2.75, 3.05) is 40.3 Å². The molecule has 0 saturated heterocycles. The Hall–Kier alpha value is -3.35. The third kappa shape index (κ3) is 3.83. The Morgan fingerprint density at radius 3 is 2.25 bits per heavy atom. The molecular formula is C21H24N2O5. The van der Waals surface area contributed by atoms with E-state index in [-0.39, 0.29) is 5.56 Å². The van der Waals surface area contributed by atoms with Gasteiger partial charge in [0.25, 0.3) is 5.56 Å². The Bertz CT molecular complexity index is 1030. The van der Waals surface area contributed by atoms with Crippen LogP contribution in [0.3, 0.4) is 0 Å². The summed E-state index contributed by atoms with van der Waals surface area (Å²) in [7, 11) is 6.34. The molecule has 0 aliphatic heterocycles. The third-order valence-corrected chi connectivity index (χ3v) is 4.54. The molecule has 0 atom stereocenters. The number of ether oxygens (including phenoxy) is 4. The highest BCUT2D eigenvalue weighted by Gasteiger charge is 2.13. The first kappa shape index (κ1) is 19.4. The number of methoxy groups -OCH3 is 4. The molecule has 0 amide bonds. The summed E-state index contributed by atoms with van der Waals surface area (Å²) in [5, 5.41) is 4.19. The quantitative estimate of drug-likeness (QED) is 0.621. The first-order valence-corrected chi connectivity index (χ1v) is 8.84. The minimum atomic E-state index is -0.215. The van der Waals surface area contributed by atoms with Crippen molar-refractivity contribution in [1.82, 2.24) is 4.98 Å². The van der Waals surface area contributed by atoms with Crippen LogP contribution in [0.4, 0.5) is 5.69 Å². The molecule has 0 unspecified atom stereocenters. The fourth-order valence-corrected chi connectivity index (χ4v) is 3.17. The van der Waals surface area contributed by atoms with Gasteiger partial charge in [0, 0.05) is 23.7 Å². The van der Waals surface area contributed by atoms with Crippen molar-refractivity contribution in [2.24, 2.45) is 0 Å². The molecule has 28 heavy (non-hydrogen) atoms. The Labute approximate surface area is 163 Å². The molecule has 0 aliphatic rings. The first-order valence-electron chi connectivity index (χ1n) is 8.84. The predicted molar refractivity (Wildman–Crippen MR) is 109 cm³/mol. The molecule has 2 N–H and O–H groups in total. The highest BCUT2D eigenvalue weighted by molar-refractivity contribution is 5.96. The second-order valence-electron chi connectivity index (χ2n) is 6.14. The lowest BCUT2D eigenvalue weighted by Crippen LogP contribution is -2.11. The van der Waals surface area contributed by atoms with Gasteiger partial charge in [0.05, 0.1) is 34.0 Å². The number of rotatable bonds is 8. The standard InChI is InChI=1S/C21H24N2O5/c1-25-16-7-5-13(11-18(16)27-3)9-10-22-15-12-19(24)23-20-14(15)6-8-17(26-2)21(20)28-4/h5-8,11-12H,9-10H2,1-4H3,(H2,22,23,24). The van der Waals surface area contributed by atoms with Crippen LogP contribution in [0.2, 0.25) is 0 Å². The molecule has 0 aliphatic carbocycles. The second kappa shape index (κ2) is 8.56. The van der Waals surface area contributed by atoms with Crippen molar-refractivity contribution >= 4 is 16.6 Å². The van der Waals surface area contributed by atoms with E-state index < -0.39 is 0 Å². The van der Waals surface area contributed by atoms with Gasteiger partial charge >= 0.3 is 0 Å². The zero-order chi connectivity index (χ0) is 20.1. The number of nitrogens with one attached hydrogen (secondary N) is 2. The summed E-state index contributed by atoms with van der Waals surface area (Å²) >= 11 is 0. The molecule has 0 spiro atoms. The van der Waals surface area contributed by atoms with E-state index in [1.54, 1.807) is 34.5 Å². The van der Waals surface area contributed by atoms with Crippen molar-refractivity contribution in [2.45, 2.75) is 6.42 Å². The molecule has 148 valence electrons. The molecule has 3 aromatic rings. The number of fused-ring (bicyclic) bond motifs is 1. The second-order valence-corrected chi connectivity index (χ2v) is 6.14. The molecule has 1 aromatic heterocycles. The molecule has 7 nitrogen and oxygen atoms in total. The van der Waals surface area contributed by atoms with E-state index >= 15 is 0 Å². The van der Waals surface area contributed by atoms with Crippen LogP contribution in [0, 0.1) is 0 Å². The number of benzene rings is 2. The van der Waals surface area contributed by atoms with Gasteiger partial charge in [-0.2, -0.15) is 0 Å². The van der Waals surface area contributed by atoms with E-state index in [1.807, 2.05) is 30.3 Å². The summed E-state index contributed by atoms with van der Waals surface area (Å²) < 4.78 is 21.4. The Kier molecular flexibility index (Phi) is 5.93. The van der Waals surface area contributed by atoms with Crippen LogP contribution in [-0.4, -0.2) is 40.0 Å². The maximum atomic E-state index is 12.1. The average Bonchev–Trinajstić information content (AvgIpc) is 2.72. The van der Waals surface area contributed by atoms with Gasteiger partial charge < -0.3 is 29.2 Å². The smallest absolute Gasteiger partial charge is 0.250 e. The van der Waals surface area contributed by atoms with Crippen molar-refractivity contribution in [3.63, 3.8) is 0 Å². The van der Waals surface area contributed by atoms with Crippen LogP contribution in [0.5, 0.6) is 23.0 Å². The van der Waals surface area contributed by atoms with Gasteiger partial charge in [-0.15, -0.1) is 0 Å². The van der Waals surface area contributed by atoms with Crippen molar-refractivity contribution in [3.8, 4) is 23.0 Å². The number of anilines is 1. The van der Waals surface area contributed by atoms with Crippen LogP contribution < -0.4 is 29.8 Å². The van der Waals surface area contributed by atoms with Crippen molar-refractivity contribution in [1.29, 1.82) is 0 Å². The van der Waals surface area contributed by atoms with Gasteiger partial charge in [0.1, 0.15) is 0 Å². The van der Waals surface area contributed by atoms with Gasteiger partial charge in [-0.3, -0.25) is 4.79 Å². The maximum absolute atomic E-state index is 12.1. The van der Waals surface area contributed by atoms with Gasteiger partial charge in [-0.05, 0) is 36.2 Å². The van der Waals surface area contributed by atoms with Crippen LogP contribution in [0.15, 0.2) is 41.2 Å². The SMILES string of the molecule is COc1ccc(CCNc2cc(=O)[nH]c3c(OC)c(OC)ccc23)cc1OC. The molecule has 2 aromatic carbocycles. The summed E-state index contributed by atoms with van der Waals surface area (Å²) in [4.78, 5) is 15.0. The summed E-state index contributed by atoms with van der Waals surface area (Å²) in [5.41, 5.74) is 2.22. The Balaban J connectivity index is 1.84. The van der Waals surface area contributed by atoms with Crippen molar-refractivity contribution in [3.05, 3.63) is 52.3 Å². The first-order chi connectivity index (χ1) is 13.6. The molecule has 0 fully saturated rings. The summed E-state index contributed by atoms with van der Waals surface area (Å²) in [5.74, 6) is 2.45. The lowest BCUT2D eigenvalue weighted by molar-refractivity contribution is 0.354. The van der Waals surface area contributed by atoms with Crippen LogP contribution in [0.25, 0.3) is 10.9 Å². The highest BCUT2D eigenvalue weighted by atomic mass is 16.5. The zero-order valence-corrected chi connectivity index (χ0v) is 16.4. The minimum Gasteiger partial charge on any atom is -0.493 e. The lowest BCUT2D eigenvalue weighted by Gasteiger charge is -2.14. The Morgan fingerprint density at radius 1 is 0.857 bits per heavy atom. The maximum Gasteiger partial charge on any atom is 0.250 e. The van der Waals surface area contributed by atoms with E-state index in [2.05, 4.69) is 10.3 Å². The van der Waals surface area contributed by atoms with Gasteiger partial charge in [0.2, 0.25) is 0 Å². The van der Waals surface area contributed by atoms with Crippen LogP contribution in [-0.2, 0) is 6.42 Å². The molecule has 7 heteroatoms. The zero-order valence-electron chi connectivity index (χ0n) is 16.4. The van der Waals surface area contributed by atoms with Gasteiger partial charge in [0.15, 0.2) is 23.0 Å². The fraction of sp³-hybridized carbons (Fsp3) is 0.286. The molecule has 0 saturated carbocycles. The molecular weight excluding hydrogens is 360 g/mol. The topological polar surface area (TPSA) is 81.8 Å². The van der Waals surface area contributed by atoms with Crippen molar-refractivity contribution < 1.29 is 18.9 Å². The number of aromatic nitrogens is 1. The van der Waals surface area contributed by atoms with E-state index in [0.29, 0.717) is 35.1 Å². The molecule has 0 bridgehead atoms. The number of aromatic amines is 1. The highest BCUT2D eigenvalue weighted by Crippen LogP contribution is 2.36. The largest absolute Gasteiger partial charge is 0.493 e. The third-order valence-electron chi connectivity index (χ3n) is 4.54. The minimum absolute atomic E-state index is 0.215. The molecule has 0 radical (unpaired) electrons. The summed E-state index contributed by atoms with van der Waals surface area (Å²) in [6.07, 6.45) is 0.752. The number of hydrogen-bond donors (Lipinski definition) is 2. The average molecular weight is 384 g/mol. The summed E-state index contributed by atoms with van der Waals surface area (Å²) in [6, 6.07) is 11.1. The number of H-pyrrole nitrogens is 1. The van der Waals surface area contributed by atoms with Gasteiger partial charge in [-0.1, -0.05) is 6.07 Å². The lowest BCUT2D eigenvalue weighted by atomic mass is 10.1. The van der Waals surface area contributed by atoms with Gasteiger partial charge in [-0.25, -0.2) is 0 Å². The van der Waals surface area contributed by atoms with E-state index in [1.165, 1.54) is 0 Å². The number of pyridine rings is 1. The van der Waals surface area contributed by atoms with E-state index in [9.17, 15) is 4.79 Å². The normalized spacial score (nSPS) is 10.6. The monoisotopic (exact) mass is 384 g/mol. The summed E-state index contributed by atoms with van der Waals surface area (Å²) in [6.45, 7) is 0.641.